The summed E-state index contributed by atoms with van der Waals surface area (Å²) in [4.78, 5) is 24.7. The van der Waals surface area contributed by atoms with Gasteiger partial charge in [-0.05, 0) is 49.3 Å². The van der Waals surface area contributed by atoms with E-state index in [1.807, 2.05) is 24.3 Å². The van der Waals surface area contributed by atoms with Crippen molar-refractivity contribution in [2.75, 3.05) is 6.79 Å². The normalized spacial score (nSPS) is 20.2. The minimum absolute atomic E-state index is 0.0530. The van der Waals surface area contributed by atoms with E-state index in [9.17, 15) is 14.7 Å². The monoisotopic (exact) mass is 450 g/mol. The van der Waals surface area contributed by atoms with Gasteiger partial charge in [0.15, 0.2) is 11.5 Å². The summed E-state index contributed by atoms with van der Waals surface area (Å²) < 4.78 is 21.6. The molecular formula is C26H26O7. The first-order valence-electron chi connectivity index (χ1n) is 11.3. The number of carbonyl (C=O) groups is 1. The Morgan fingerprint density at radius 2 is 1.88 bits per heavy atom. The van der Waals surface area contributed by atoms with E-state index < -0.39 is 11.5 Å². The summed E-state index contributed by atoms with van der Waals surface area (Å²) in [5.74, 6) is 0.552. The van der Waals surface area contributed by atoms with E-state index in [2.05, 4.69) is 0 Å². The number of carbonyl (C=O) groups excluding carboxylic acids is 1. The summed E-state index contributed by atoms with van der Waals surface area (Å²) in [6.45, 7) is 1.86. The maximum atomic E-state index is 12.7. The van der Waals surface area contributed by atoms with Crippen molar-refractivity contribution >= 4 is 16.9 Å². The molecule has 1 unspecified atom stereocenters. The lowest BCUT2D eigenvalue weighted by molar-refractivity contribution is -0.146. The molecule has 1 aromatic heterocycles. The smallest absolute Gasteiger partial charge is 0.336 e. The second-order valence-electron chi connectivity index (χ2n) is 8.83. The molecule has 0 spiro atoms. The first-order valence-corrected chi connectivity index (χ1v) is 11.3. The molecule has 172 valence electrons. The largest absolute Gasteiger partial charge is 0.460 e. The number of aliphatic hydroxyl groups is 1. The Kier molecular flexibility index (Phi) is 5.81. The van der Waals surface area contributed by atoms with E-state index in [-0.39, 0.29) is 25.5 Å². The molecule has 0 saturated heterocycles. The van der Waals surface area contributed by atoms with Crippen molar-refractivity contribution in [3.8, 4) is 11.5 Å². The molecular weight excluding hydrogens is 424 g/mol. The second-order valence-corrected chi connectivity index (χ2v) is 8.83. The lowest BCUT2D eigenvalue weighted by Crippen LogP contribution is -2.16. The van der Waals surface area contributed by atoms with Gasteiger partial charge >= 0.3 is 11.6 Å². The SMILES string of the molecule is CC(C(=O)OCc1cc(=O)oc2cc3c(cc12)OCO3)c1ccc(C[C@H]2CCC[C@@H]2O)cc1. The van der Waals surface area contributed by atoms with E-state index in [1.54, 1.807) is 19.1 Å². The summed E-state index contributed by atoms with van der Waals surface area (Å²) in [5.41, 5.74) is 2.39. The maximum Gasteiger partial charge on any atom is 0.336 e. The molecule has 7 heteroatoms. The summed E-state index contributed by atoms with van der Waals surface area (Å²) >= 11 is 0. The van der Waals surface area contributed by atoms with Gasteiger partial charge in [-0.1, -0.05) is 30.7 Å². The van der Waals surface area contributed by atoms with Crippen LogP contribution in [0.15, 0.2) is 51.7 Å². The fourth-order valence-corrected chi connectivity index (χ4v) is 4.65. The first-order chi connectivity index (χ1) is 16.0. The Hall–Kier alpha value is -3.32. The lowest BCUT2D eigenvalue weighted by Gasteiger charge is -2.16. The summed E-state index contributed by atoms with van der Waals surface area (Å²) in [6.07, 6.45) is 3.65. The van der Waals surface area contributed by atoms with E-state index in [0.29, 0.717) is 33.9 Å². The van der Waals surface area contributed by atoms with Crippen molar-refractivity contribution in [3.05, 3.63) is 69.6 Å². The van der Waals surface area contributed by atoms with Gasteiger partial charge in [-0.2, -0.15) is 0 Å². The van der Waals surface area contributed by atoms with Crippen LogP contribution in [0.3, 0.4) is 0 Å². The van der Waals surface area contributed by atoms with Crippen LogP contribution in [0.4, 0.5) is 0 Å². The van der Waals surface area contributed by atoms with Crippen molar-refractivity contribution < 1.29 is 28.5 Å². The van der Waals surface area contributed by atoms with Crippen LogP contribution in [-0.4, -0.2) is 24.0 Å². The third-order valence-corrected chi connectivity index (χ3v) is 6.64. The minimum Gasteiger partial charge on any atom is -0.460 e. The highest BCUT2D eigenvalue weighted by Crippen LogP contribution is 2.37. The molecule has 1 aliphatic heterocycles. The number of aliphatic hydroxyl groups excluding tert-OH is 1. The highest BCUT2D eigenvalue weighted by Gasteiger charge is 2.25. The fraction of sp³-hybridized carbons (Fsp3) is 0.385. The molecule has 0 radical (unpaired) electrons. The molecule has 7 nitrogen and oxygen atoms in total. The van der Waals surface area contributed by atoms with Crippen LogP contribution < -0.4 is 15.1 Å². The molecule has 5 rings (SSSR count). The maximum absolute atomic E-state index is 12.7. The van der Waals surface area contributed by atoms with Crippen molar-refractivity contribution in [3.63, 3.8) is 0 Å². The third kappa shape index (κ3) is 4.46. The quantitative estimate of drug-likeness (QED) is 0.447. The number of rotatable bonds is 6. The summed E-state index contributed by atoms with van der Waals surface area (Å²) in [7, 11) is 0. The van der Waals surface area contributed by atoms with Gasteiger partial charge in [-0.3, -0.25) is 4.79 Å². The van der Waals surface area contributed by atoms with E-state index in [4.69, 9.17) is 18.6 Å². The second kappa shape index (κ2) is 8.90. The summed E-state index contributed by atoms with van der Waals surface area (Å²) in [6, 6.07) is 12.6. The van der Waals surface area contributed by atoms with Crippen LogP contribution in [0.2, 0.25) is 0 Å². The Bertz CT molecular complexity index is 1230. The molecule has 3 atom stereocenters. The lowest BCUT2D eigenvalue weighted by atomic mass is 9.93. The van der Waals surface area contributed by atoms with Gasteiger partial charge in [-0.15, -0.1) is 0 Å². The van der Waals surface area contributed by atoms with E-state index in [1.165, 1.54) is 6.07 Å². The number of esters is 1. The molecule has 3 aromatic rings. The van der Waals surface area contributed by atoms with Gasteiger partial charge in [0.1, 0.15) is 12.2 Å². The molecule has 1 fully saturated rings. The highest BCUT2D eigenvalue weighted by atomic mass is 16.7. The first kappa shape index (κ1) is 21.5. The number of fused-ring (bicyclic) bond motifs is 2. The van der Waals surface area contributed by atoms with Gasteiger partial charge in [0.25, 0.3) is 0 Å². The predicted octanol–water partition coefficient (Wildman–Crippen LogP) is 4.07. The molecule has 2 heterocycles. The van der Waals surface area contributed by atoms with Gasteiger partial charge < -0.3 is 23.7 Å². The van der Waals surface area contributed by atoms with Gasteiger partial charge in [0, 0.05) is 23.1 Å². The van der Waals surface area contributed by atoms with Gasteiger partial charge in [0.2, 0.25) is 6.79 Å². The van der Waals surface area contributed by atoms with Gasteiger partial charge in [0.05, 0.1) is 12.0 Å². The van der Waals surface area contributed by atoms with Crippen LogP contribution >= 0.6 is 0 Å². The van der Waals surface area contributed by atoms with Gasteiger partial charge in [-0.25, -0.2) is 4.79 Å². The molecule has 0 bridgehead atoms. The van der Waals surface area contributed by atoms with Crippen LogP contribution in [0.25, 0.3) is 11.0 Å². The topological polar surface area (TPSA) is 95.2 Å². The zero-order chi connectivity index (χ0) is 22.9. The number of hydrogen-bond acceptors (Lipinski definition) is 7. The number of benzene rings is 2. The third-order valence-electron chi connectivity index (χ3n) is 6.64. The van der Waals surface area contributed by atoms with Crippen LogP contribution in [0.5, 0.6) is 11.5 Å². The molecule has 33 heavy (non-hydrogen) atoms. The van der Waals surface area contributed by atoms with Crippen molar-refractivity contribution in [2.45, 2.75) is 51.2 Å². The Balaban J connectivity index is 1.26. The molecule has 1 aliphatic carbocycles. The van der Waals surface area contributed by atoms with Crippen molar-refractivity contribution in [1.82, 2.24) is 0 Å². The van der Waals surface area contributed by atoms with E-state index >= 15 is 0 Å². The van der Waals surface area contributed by atoms with Crippen LogP contribution in [0.1, 0.15) is 48.8 Å². The average Bonchev–Trinajstić information content (AvgIpc) is 3.44. The standard InChI is InChI=1S/C26H26O7/c1-15(17-7-5-16(6-8-17)9-18-3-2-4-21(18)27)26(29)30-13-19-10-25(28)33-22-12-24-23(11-20(19)22)31-14-32-24/h5-8,10-12,15,18,21,27H,2-4,9,13-14H2,1H3/t15?,18-,21+/m1/s1. The van der Waals surface area contributed by atoms with E-state index in [0.717, 1.165) is 36.8 Å². The molecule has 1 N–H and O–H groups in total. The molecule has 2 aliphatic rings. The Morgan fingerprint density at radius 1 is 1.12 bits per heavy atom. The van der Waals surface area contributed by atoms with Crippen molar-refractivity contribution in [2.24, 2.45) is 5.92 Å². The average molecular weight is 450 g/mol. The number of ether oxygens (including phenoxy) is 3. The summed E-state index contributed by atoms with van der Waals surface area (Å²) in [5, 5.41) is 10.7. The molecule has 0 amide bonds. The highest BCUT2D eigenvalue weighted by molar-refractivity contribution is 5.84. The van der Waals surface area contributed by atoms with Crippen molar-refractivity contribution in [1.29, 1.82) is 0 Å². The molecule has 2 aromatic carbocycles. The zero-order valence-corrected chi connectivity index (χ0v) is 18.4. The predicted molar refractivity (Wildman–Crippen MR) is 120 cm³/mol. The van der Waals surface area contributed by atoms with Crippen LogP contribution in [0, 0.1) is 5.92 Å². The Morgan fingerprint density at radius 3 is 2.61 bits per heavy atom. The fourth-order valence-electron chi connectivity index (χ4n) is 4.65. The number of hydrogen-bond donors (Lipinski definition) is 1. The minimum atomic E-state index is -0.525. The van der Waals surface area contributed by atoms with Crippen LogP contribution in [-0.2, 0) is 22.6 Å². The zero-order valence-electron chi connectivity index (χ0n) is 18.4. The molecule has 1 saturated carbocycles. The Labute approximate surface area is 190 Å².